The second-order valence-corrected chi connectivity index (χ2v) is 6.50. The van der Waals surface area contributed by atoms with Crippen LogP contribution >= 0.6 is 0 Å². The molecule has 0 aromatic carbocycles. The average molecular weight is 390 g/mol. The molecule has 1 unspecified atom stereocenters. The summed E-state index contributed by atoms with van der Waals surface area (Å²) in [5.74, 6) is -0.0914. The molecule has 0 bridgehead atoms. The number of anilines is 1. The van der Waals surface area contributed by atoms with Crippen LogP contribution in [0, 0.1) is 0 Å². The lowest BCUT2D eigenvalue weighted by Gasteiger charge is -2.33. The van der Waals surface area contributed by atoms with Gasteiger partial charge in [0.05, 0.1) is 0 Å². The van der Waals surface area contributed by atoms with Gasteiger partial charge in [0.1, 0.15) is 11.4 Å². The first-order valence-corrected chi connectivity index (χ1v) is 8.42. The number of rotatable bonds is 5. The van der Waals surface area contributed by atoms with Gasteiger partial charge in [-0.25, -0.2) is 18.7 Å². The second-order valence-electron chi connectivity index (χ2n) is 6.50. The van der Waals surface area contributed by atoms with Crippen molar-refractivity contribution < 1.29 is 22.0 Å². The van der Waals surface area contributed by atoms with Gasteiger partial charge in [0.15, 0.2) is 0 Å². The van der Waals surface area contributed by atoms with Crippen LogP contribution in [0.1, 0.15) is 36.2 Å². The Balaban J connectivity index is 1.65. The summed E-state index contributed by atoms with van der Waals surface area (Å²) in [5, 5.41) is 6.71. The molecule has 1 atom stereocenters. The van der Waals surface area contributed by atoms with Gasteiger partial charge in [0.25, 0.3) is 6.43 Å². The van der Waals surface area contributed by atoms with E-state index in [0.29, 0.717) is 25.2 Å². The van der Waals surface area contributed by atoms with Crippen molar-refractivity contribution in [2.75, 3.05) is 18.4 Å². The van der Waals surface area contributed by atoms with Crippen LogP contribution in [-0.2, 0) is 19.8 Å². The average Bonchev–Trinajstić information content (AvgIpc) is 2.95. The fourth-order valence-electron chi connectivity index (χ4n) is 3.19. The Morgan fingerprint density at radius 1 is 1.33 bits per heavy atom. The molecule has 3 rings (SSSR count). The third-order valence-corrected chi connectivity index (χ3v) is 4.32. The molecule has 1 aliphatic heterocycles. The quantitative estimate of drug-likeness (QED) is 0.795. The first-order valence-electron chi connectivity index (χ1n) is 8.42. The molecule has 0 spiro atoms. The van der Waals surface area contributed by atoms with E-state index in [1.54, 1.807) is 13.2 Å². The van der Waals surface area contributed by atoms with E-state index in [9.17, 15) is 22.0 Å². The van der Waals surface area contributed by atoms with Gasteiger partial charge in [-0.05, 0) is 25.5 Å². The molecule has 1 saturated heterocycles. The Labute approximate surface area is 152 Å². The molecule has 1 fully saturated rings. The minimum atomic E-state index is -4.54. The number of likely N-dealkylation sites (tertiary alicyclic amines) is 1. The molecule has 0 saturated carbocycles. The van der Waals surface area contributed by atoms with Crippen molar-refractivity contribution >= 4 is 5.95 Å². The normalized spacial score (nSPS) is 18.9. The number of piperidine rings is 1. The Kier molecular flexibility index (Phi) is 5.59. The number of nitrogens with zero attached hydrogens (tertiary/aromatic N) is 5. The fourth-order valence-corrected chi connectivity index (χ4v) is 3.19. The zero-order valence-electron chi connectivity index (χ0n) is 14.5. The summed E-state index contributed by atoms with van der Waals surface area (Å²) in [7, 11) is 1.58. The molecule has 148 valence electrons. The van der Waals surface area contributed by atoms with Gasteiger partial charge in [-0.15, -0.1) is 0 Å². The van der Waals surface area contributed by atoms with Crippen LogP contribution in [-0.4, -0.2) is 43.8 Å². The molecule has 2 aromatic rings. The van der Waals surface area contributed by atoms with E-state index >= 15 is 0 Å². The standard InChI is InChI=1S/C16H19F5N6/c1-26-7-10(13(25-26)14(17)18)8-27-6-2-3-11(9-27)23-15-22-5-4-12(24-15)16(19,20)21/h4-5,7,11,14H,2-3,6,8-9H2,1H3,(H,22,23,24). The van der Waals surface area contributed by atoms with Crippen LogP contribution in [0.4, 0.5) is 27.9 Å². The first-order chi connectivity index (χ1) is 12.7. The van der Waals surface area contributed by atoms with Crippen LogP contribution in [0.5, 0.6) is 0 Å². The van der Waals surface area contributed by atoms with Crippen LogP contribution in [0.3, 0.4) is 0 Å². The van der Waals surface area contributed by atoms with Crippen molar-refractivity contribution in [3.63, 3.8) is 0 Å². The number of hydrogen-bond acceptors (Lipinski definition) is 5. The van der Waals surface area contributed by atoms with Crippen LogP contribution in [0.2, 0.25) is 0 Å². The molecule has 1 N–H and O–H groups in total. The molecule has 0 aliphatic carbocycles. The largest absolute Gasteiger partial charge is 0.433 e. The molecule has 0 amide bonds. The van der Waals surface area contributed by atoms with Gasteiger partial charge in [-0.1, -0.05) is 0 Å². The van der Waals surface area contributed by atoms with E-state index in [1.807, 2.05) is 4.90 Å². The molecular weight excluding hydrogens is 371 g/mol. The topological polar surface area (TPSA) is 58.9 Å². The van der Waals surface area contributed by atoms with Crippen molar-refractivity contribution in [1.29, 1.82) is 0 Å². The summed E-state index contributed by atoms with van der Waals surface area (Å²) in [6.07, 6.45) is -3.06. The summed E-state index contributed by atoms with van der Waals surface area (Å²) in [6, 6.07) is 0.640. The monoisotopic (exact) mass is 390 g/mol. The molecule has 1 aliphatic rings. The van der Waals surface area contributed by atoms with Crippen molar-refractivity contribution in [3.8, 4) is 0 Å². The SMILES string of the molecule is Cn1cc(CN2CCCC(Nc3nccc(C(F)(F)F)n3)C2)c(C(F)F)n1. The third kappa shape index (κ3) is 4.90. The van der Waals surface area contributed by atoms with E-state index in [4.69, 9.17) is 0 Å². The van der Waals surface area contributed by atoms with Crippen molar-refractivity contribution in [2.24, 2.45) is 7.05 Å². The number of halogens is 5. The molecule has 11 heteroatoms. The number of aryl methyl sites for hydroxylation is 1. The Morgan fingerprint density at radius 3 is 2.81 bits per heavy atom. The summed E-state index contributed by atoms with van der Waals surface area (Å²) < 4.78 is 65.8. The van der Waals surface area contributed by atoms with Crippen LogP contribution in [0.15, 0.2) is 18.5 Å². The Morgan fingerprint density at radius 2 is 2.11 bits per heavy atom. The minimum absolute atomic E-state index is 0.0914. The summed E-state index contributed by atoms with van der Waals surface area (Å²) >= 11 is 0. The molecule has 2 aromatic heterocycles. The number of hydrogen-bond donors (Lipinski definition) is 1. The maximum Gasteiger partial charge on any atom is 0.433 e. The van der Waals surface area contributed by atoms with E-state index in [-0.39, 0.29) is 17.7 Å². The number of aromatic nitrogens is 4. The molecule has 3 heterocycles. The van der Waals surface area contributed by atoms with Crippen LogP contribution in [0.25, 0.3) is 0 Å². The van der Waals surface area contributed by atoms with Gasteiger partial charge in [-0.3, -0.25) is 9.58 Å². The lowest BCUT2D eigenvalue weighted by molar-refractivity contribution is -0.141. The Hall–Kier alpha value is -2.30. The van der Waals surface area contributed by atoms with Gasteiger partial charge in [0.2, 0.25) is 5.95 Å². The zero-order chi connectivity index (χ0) is 19.6. The second kappa shape index (κ2) is 7.75. The molecule has 27 heavy (non-hydrogen) atoms. The predicted molar refractivity (Wildman–Crippen MR) is 87.1 cm³/mol. The van der Waals surface area contributed by atoms with Gasteiger partial charge in [-0.2, -0.15) is 18.3 Å². The highest BCUT2D eigenvalue weighted by molar-refractivity contribution is 5.28. The minimum Gasteiger partial charge on any atom is -0.350 e. The summed E-state index contributed by atoms with van der Waals surface area (Å²) in [4.78, 5) is 9.32. The lowest BCUT2D eigenvalue weighted by Crippen LogP contribution is -2.42. The number of alkyl halides is 5. The molecular formula is C16H19F5N6. The third-order valence-electron chi connectivity index (χ3n) is 4.32. The first kappa shape index (κ1) is 19.5. The fraction of sp³-hybridized carbons (Fsp3) is 0.562. The smallest absolute Gasteiger partial charge is 0.350 e. The van der Waals surface area contributed by atoms with E-state index in [2.05, 4.69) is 20.4 Å². The van der Waals surface area contributed by atoms with E-state index in [1.165, 1.54) is 4.68 Å². The maximum atomic E-state index is 13.1. The lowest BCUT2D eigenvalue weighted by atomic mass is 10.0. The molecule has 6 nitrogen and oxygen atoms in total. The van der Waals surface area contributed by atoms with Crippen LogP contribution < -0.4 is 5.32 Å². The van der Waals surface area contributed by atoms with Crippen molar-refractivity contribution in [2.45, 2.75) is 38.0 Å². The zero-order valence-corrected chi connectivity index (χ0v) is 14.5. The maximum absolute atomic E-state index is 13.1. The Bertz CT molecular complexity index is 775. The van der Waals surface area contributed by atoms with Gasteiger partial charge < -0.3 is 5.32 Å². The highest BCUT2D eigenvalue weighted by Gasteiger charge is 2.33. The highest BCUT2D eigenvalue weighted by atomic mass is 19.4. The van der Waals surface area contributed by atoms with Gasteiger partial charge >= 0.3 is 6.18 Å². The molecule has 0 radical (unpaired) electrons. The predicted octanol–water partition coefficient (Wildman–Crippen LogP) is 3.24. The summed E-state index contributed by atoms with van der Waals surface area (Å²) in [6.45, 7) is 1.49. The van der Waals surface area contributed by atoms with E-state index < -0.39 is 18.3 Å². The van der Waals surface area contributed by atoms with E-state index in [0.717, 1.165) is 25.1 Å². The number of nitrogens with one attached hydrogen (secondary N) is 1. The van der Waals surface area contributed by atoms with Crippen molar-refractivity contribution in [1.82, 2.24) is 24.6 Å². The van der Waals surface area contributed by atoms with Gasteiger partial charge in [0, 0.05) is 44.1 Å². The van der Waals surface area contributed by atoms with Crippen molar-refractivity contribution in [3.05, 3.63) is 35.4 Å². The summed E-state index contributed by atoms with van der Waals surface area (Å²) in [5.41, 5.74) is -0.804. The highest BCUT2D eigenvalue weighted by Crippen LogP contribution is 2.28.